The molecule has 0 aromatic carbocycles. The fourth-order valence-corrected chi connectivity index (χ4v) is 3.14. The second-order valence-corrected chi connectivity index (χ2v) is 6.57. The van der Waals surface area contributed by atoms with E-state index in [1.807, 2.05) is 11.3 Å². The molecule has 4 heteroatoms. The largest absolute Gasteiger partial charge is 0.393 e. The fraction of sp³-hybridized carbons (Fsp3) is 0.615. The van der Waals surface area contributed by atoms with Crippen molar-refractivity contribution in [2.24, 2.45) is 11.1 Å². The molecule has 0 unspecified atom stereocenters. The molecule has 17 heavy (non-hydrogen) atoms. The Morgan fingerprint density at radius 3 is 2.76 bits per heavy atom. The molecule has 2 nitrogen and oxygen atoms in total. The first-order valence-corrected chi connectivity index (χ1v) is 7.44. The van der Waals surface area contributed by atoms with Crippen LogP contribution in [0.25, 0.3) is 0 Å². The Kier molecular flexibility index (Phi) is 4.17. The number of likely N-dealkylation sites (tertiary alicyclic amines) is 1. The van der Waals surface area contributed by atoms with Gasteiger partial charge in [-0.2, -0.15) is 0 Å². The summed E-state index contributed by atoms with van der Waals surface area (Å²) in [6, 6.07) is 4.34. The highest BCUT2D eigenvalue weighted by atomic mass is 32.1. The zero-order valence-corrected chi connectivity index (χ0v) is 11.9. The van der Waals surface area contributed by atoms with Gasteiger partial charge in [-0.3, -0.25) is 0 Å². The molecule has 0 spiro atoms. The van der Waals surface area contributed by atoms with E-state index in [0.29, 0.717) is 4.99 Å². The third kappa shape index (κ3) is 3.27. The lowest BCUT2D eigenvalue weighted by Crippen LogP contribution is -2.45. The molecule has 1 aromatic rings. The highest BCUT2D eigenvalue weighted by Crippen LogP contribution is 2.31. The molecule has 94 valence electrons. The molecule has 2 N–H and O–H groups in total. The second kappa shape index (κ2) is 5.46. The van der Waals surface area contributed by atoms with E-state index < -0.39 is 0 Å². The predicted octanol–water partition coefficient (Wildman–Crippen LogP) is 2.68. The van der Waals surface area contributed by atoms with Gasteiger partial charge in [0.25, 0.3) is 0 Å². The summed E-state index contributed by atoms with van der Waals surface area (Å²) in [6.07, 6.45) is 3.38. The highest BCUT2D eigenvalue weighted by Gasteiger charge is 2.32. The summed E-state index contributed by atoms with van der Waals surface area (Å²) < 4.78 is 0. The van der Waals surface area contributed by atoms with Gasteiger partial charge >= 0.3 is 0 Å². The average Bonchev–Trinajstić information content (AvgIpc) is 2.81. The lowest BCUT2D eigenvalue weighted by molar-refractivity contribution is 0.166. The van der Waals surface area contributed by atoms with E-state index in [1.165, 1.54) is 11.3 Å². The summed E-state index contributed by atoms with van der Waals surface area (Å²) in [7, 11) is 0. The van der Waals surface area contributed by atoms with E-state index in [1.54, 1.807) is 0 Å². The quantitative estimate of drug-likeness (QED) is 0.851. The van der Waals surface area contributed by atoms with Crippen LogP contribution < -0.4 is 5.73 Å². The average molecular weight is 268 g/mol. The van der Waals surface area contributed by atoms with Crippen molar-refractivity contribution in [1.29, 1.82) is 0 Å². The fourth-order valence-electron chi connectivity index (χ4n) is 2.24. The number of rotatable bonds is 4. The molecule has 1 saturated heterocycles. The number of nitrogens with two attached hydrogens (primary N) is 1. The predicted molar refractivity (Wildman–Crippen MR) is 78.6 cm³/mol. The smallest absolute Gasteiger partial charge is 0.0788 e. The van der Waals surface area contributed by atoms with Crippen LogP contribution in [-0.4, -0.2) is 29.5 Å². The molecular formula is C13H20N2S2. The number of nitrogens with zero attached hydrogens (tertiary/aromatic N) is 1. The van der Waals surface area contributed by atoms with Gasteiger partial charge < -0.3 is 10.6 Å². The molecule has 1 aromatic heterocycles. The van der Waals surface area contributed by atoms with E-state index in [4.69, 9.17) is 18.0 Å². The van der Waals surface area contributed by atoms with Gasteiger partial charge in [0.15, 0.2) is 0 Å². The van der Waals surface area contributed by atoms with Gasteiger partial charge in [-0.25, -0.2) is 0 Å². The maximum Gasteiger partial charge on any atom is 0.0788 e. The van der Waals surface area contributed by atoms with E-state index in [0.717, 1.165) is 32.5 Å². The minimum atomic E-state index is 0.0920. The van der Waals surface area contributed by atoms with E-state index in [2.05, 4.69) is 29.3 Å². The molecule has 0 atom stereocenters. The van der Waals surface area contributed by atoms with Gasteiger partial charge in [0.2, 0.25) is 0 Å². The zero-order valence-electron chi connectivity index (χ0n) is 10.3. The molecule has 1 aliphatic heterocycles. The van der Waals surface area contributed by atoms with Crippen LogP contribution in [0.15, 0.2) is 17.5 Å². The van der Waals surface area contributed by atoms with Crippen LogP contribution in [-0.2, 0) is 6.42 Å². The lowest BCUT2D eigenvalue weighted by atomic mass is 9.80. The Labute approximate surface area is 113 Å². The van der Waals surface area contributed by atoms with Crippen LogP contribution in [0, 0.1) is 5.41 Å². The van der Waals surface area contributed by atoms with Crippen LogP contribution >= 0.6 is 23.6 Å². The van der Waals surface area contributed by atoms with Crippen LogP contribution in [0.4, 0.5) is 0 Å². The molecule has 0 radical (unpaired) electrons. The summed E-state index contributed by atoms with van der Waals surface area (Å²) in [5.74, 6) is 0. The number of hydrogen-bond acceptors (Lipinski definition) is 3. The normalized spacial score (nSPS) is 20.3. The molecule has 0 aliphatic carbocycles. The third-order valence-electron chi connectivity index (χ3n) is 3.81. The van der Waals surface area contributed by atoms with E-state index in [-0.39, 0.29) is 5.41 Å². The van der Waals surface area contributed by atoms with Crippen molar-refractivity contribution < 1.29 is 0 Å². The number of thiophene rings is 1. The summed E-state index contributed by atoms with van der Waals surface area (Å²) in [6.45, 7) is 5.61. The summed E-state index contributed by atoms with van der Waals surface area (Å²) in [5.41, 5.74) is 5.90. The topological polar surface area (TPSA) is 29.3 Å². The number of piperidine rings is 1. The standard InChI is InChI=1S/C13H20N2S2/c1-13(12(14)16)5-8-15(9-6-13)7-4-11-3-2-10-17-11/h2-3,10H,4-9H2,1H3,(H2,14,16). The zero-order chi connectivity index (χ0) is 12.3. The maximum atomic E-state index is 5.81. The van der Waals surface area contributed by atoms with Crippen molar-refractivity contribution in [3.8, 4) is 0 Å². The van der Waals surface area contributed by atoms with Crippen LogP contribution in [0.3, 0.4) is 0 Å². The monoisotopic (exact) mass is 268 g/mol. The van der Waals surface area contributed by atoms with Crippen LogP contribution in [0.5, 0.6) is 0 Å². The molecule has 2 heterocycles. The van der Waals surface area contributed by atoms with Crippen molar-refractivity contribution in [3.63, 3.8) is 0 Å². The van der Waals surface area contributed by atoms with Crippen molar-refractivity contribution in [2.45, 2.75) is 26.2 Å². The summed E-state index contributed by atoms with van der Waals surface area (Å²) >= 11 is 7.01. The maximum absolute atomic E-state index is 5.81. The Balaban J connectivity index is 1.78. The highest BCUT2D eigenvalue weighted by molar-refractivity contribution is 7.80. The van der Waals surface area contributed by atoms with Crippen LogP contribution in [0.1, 0.15) is 24.6 Å². The van der Waals surface area contributed by atoms with Gasteiger partial charge in [-0.1, -0.05) is 25.2 Å². The first-order valence-electron chi connectivity index (χ1n) is 6.15. The first kappa shape index (κ1) is 13.0. The lowest BCUT2D eigenvalue weighted by Gasteiger charge is -2.38. The van der Waals surface area contributed by atoms with Crippen LogP contribution in [0.2, 0.25) is 0 Å². The molecule has 0 bridgehead atoms. The molecule has 0 amide bonds. The van der Waals surface area contributed by atoms with Gasteiger partial charge in [0.05, 0.1) is 4.99 Å². The Bertz CT molecular complexity index is 365. The Hall–Kier alpha value is -0.450. The summed E-state index contributed by atoms with van der Waals surface area (Å²) in [4.78, 5) is 4.70. The van der Waals surface area contributed by atoms with Crippen molar-refractivity contribution >= 4 is 28.5 Å². The first-order chi connectivity index (χ1) is 8.10. The minimum Gasteiger partial charge on any atom is -0.393 e. The third-order valence-corrected chi connectivity index (χ3v) is 5.24. The minimum absolute atomic E-state index is 0.0920. The van der Waals surface area contributed by atoms with E-state index in [9.17, 15) is 0 Å². The second-order valence-electron chi connectivity index (χ2n) is 5.10. The number of thiocarbonyl (C=S) groups is 1. The van der Waals surface area contributed by atoms with Gasteiger partial charge in [0.1, 0.15) is 0 Å². The van der Waals surface area contributed by atoms with Crippen molar-refractivity contribution in [1.82, 2.24) is 4.90 Å². The van der Waals surface area contributed by atoms with Gasteiger partial charge in [0, 0.05) is 16.8 Å². The van der Waals surface area contributed by atoms with E-state index >= 15 is 0 Å². The van der Waals surface area contributed by atoms with Gasteiger partial charge in [-0.05, 0) is 43.8 Å². The summed E-state index contributed by atoms with van der Waals surface area (Å²) in [5, 5.41) is 2.15. The van der Waals surface area contributed by atoms with Crippen molar-refractivity contribution in [2.75, 3.05) is 19.6 Å². The van der Waals surface area contributed by atoms with Gasteiger partial charge in [-0.15, -0.1) is 11.3 Å². The SMILES string of the molecule is CC1(C(N)=S)CCN(CCc2cccs2)CC1. The molecule has 1 fully saturated rings. The Morgan fingerprint density at radius 1 is 1.53 bits per heavy atom. The van der Waals surface area contributed by atoms with Crippen molar-refractivity contribution in [3.05, 3.63) is 22.4 Å². The number of hydrogen-bond donors (Lipinski definition) is 1. The molecule has 0 saturated carbocycles. The molecule has 1 aliphatic rings. The Morgan fingerprint density at radius 2 is 2.24 bits per heavy atom. The molecule has 2 rings (SSSR count). The molecular weight excluding hydrogens is 248 g/mol.